The smallest absolute Gasteiger partial charge is 0.217 e. The quantitative estimate of drug-likeness (QED) is 0.857. The monoisotopic (exact) mass is 301 g/mol. The van der Waals surface area contributed by atoms with Crippen molar-refractivity contribution in [2.24, 2.45) is 0 Å². The van der Waals surface area contributed by atoms with Crippen LogP contribution in [-0.4, -0.2) is 48.4 Å². The molecule has 2 fully saturated rings. The molecular formula is C15H27NO5. The number of hydrogen-bond donors (Lipinski definition) is 1. The summed E-state index contributed by atoms with van der Waals surface area (Å²) in [6, 6.07) is -0.243. The van der Waals surface area contributed by atoms with E-state index < -0.39 is 11.6 Å². The second kappa shape index (κ2) is 5.83. The lowest BCUT2D eigenvalue weighted by atomic mass is 9.98. The summed E-state index contributed by atoms with van der Waals surface area (Å²) in [4.78, 5) is 11.4. The predicted molar refractivity (Wildman–Crippen MR) is 76.6 cm³/mol. The van der Waals surface area contributed by atoms with Crippen LogP contribution in [0.4, 0.5) is 0 Å². The highest BCUT2D eigenvalue weighted by molar-refractivity contribution is 5.73. The number of carbonyl (C=O) groups is 1. The van der Waals surface area contributed by atoms with Crippen LogP contribution < -0.4 is 5.32 Å². The highest BCUT2D eigenvalue weighted by Crippen LogP contribution is 2.36. The van der Waals surface area contributed by atoms with Gasteiger partial charge in [-0.3, -0.25) is 4.79 Å². The van der Waals surface area contributed by atoms with Crippen LogP contribution in [-0.2, 0) is 23.7 Å². The van der Waals surface area contributed by atoms with E-state index in [0.717, 1.165) is 6.42 Å². The molecule has 0 aromatic carbocycles. The van der Waals surface area contributed by atoms with Crippen molar-refractivity contribution in [2.75, 3.05) is 6.61 Å². The maximum Gasteiger partial charge on any atom is 0.217 e. The van der Waals surface area contributed by atoms with Crippen molar-refractivity contribution in [1.82, 2.24) is 5.32 Å². The molecule has 0 spiro atoms. The zero-order valence-corrected chi connectivity index (χ0v) is 13.8. The van der Waals surface area contributed by atoms with E-state index in [9.17, 15) is 4.79 Å². The number of ether oxygens (including phenoxy) is 4. The van der Waals surface area contributed by atoms with Crippen molar-refractivity contribution in [3.8, 4) is 0 Å². The van der Waals surface area contributed by atoms with E-state index >= 15 is 0 Å². The first kappa shape index (κ1) is 16.7. The van der Waals surface area contributed by atoms with E-state index in [-0.39, 0.29) is 30.3 Å². The Kier molecular flexibility index (Phi) is 4.63. The van der Waals surface area contributed by atoms with Crippen LogP contribution in [0.3, 0.4) is 0 Å². The van der Waals surface area contributed by atoms with E-state index in [2.05, 4.69) is 12.2 Å². The minimum absolute atomic E-state index is 0.0600. The van der Waals surface area contributed by atoms with Gasteiger partial charge in [-0.25, -0.2) is 0 Å². The maximum atomic E-state index is 11.4. The largest absolute Gasteiger partial charge is 0.349 e. The summed E-state index contributed by atoms with van der Waals surface area (Å²) < 4.78 is 23.7. The van der Waals surface area contributed by atoms with Crippen LogP contribution in [0.5, 0.6) is 0 Å². The molecule has 0 aromatic rings. The van der Waals surface area contributed by atoms with Crippen molar-refractivity contribution >= 4 is 5.91 Å². The Labute approximate surface area is 126 Å². The van der Waals surface area contributed by atoms with Crippen molar-refractivity contribution in [3.63, 3.8) is 0 Å². The minimum atomic E-state index is -0.700. The van der Waals surface area contributed by atoms with Crippen LogP contribution in [0.25, 0.3) is 0 Å². The summed E-state index contributed by atoms with van der Waals surface area (Å²) in [5, 5.41) is 2.89. The second-order valence-electron chi connectivity index (χ2n) is 6.65. The Bertz CT molecular complexity index is 396. The van der Waals surface area contributed by atoms with Crippen LogP contribution in [0.2, 0.25) is 0 Å². The number of amides is 1. The molecule has 2 aliphatic heterocycles. The molecule has 21 heavy (non-hydrogen) atoms. The summed E-state index contributed by atoms with van der Waals surface area (Å²) >= 11 is 0. The fourth-order valence-electron chi connectivity index (χ4n) is 2.97. The van der Waals surface area contributed by atoms with Gasteiger partial charge in [-0.2, -0.15) is 0 Å². The van der Waals surface area contributed by atoms with Gasteiger partial charge in [0.25, 0.3) is 0 Å². The molecule has 6 nitrogen and oxygen atoms in total. The predicted octanol–water partition coefficient (Wildman–Crippen LogP) is 1.57. The molecule has 2 heterocycles. The van der Waals surface area contributed by atoms with Gasteiger partial charge in [-0.15, -0.1) is 0 Å². The number of hydrogen-bond acceptors (Lipinski definition) is 5. The lowest BCUT2D eigenvalue weighted by Crippen LogP contribution is -2.61. The number of carbonyl (C=O) groups excluding carboxylic acids is 1. The zero-order valence-electron chi connectivity index (χ0n) is 13.8. The molecule has 1 N–H and O–H groups in total. The van der Waals surface area contributed by atoms with Gasteiger partial charge in [-0.05, 0) is 34.1 Å². The van der Waals surface area contributed by atoms with Crippen molar-refractivity contribution in [3.05, 3.63) is 0 Å². The molecule has 2 saturated heterocycles. The SMILES string of the molecule is CC[C@H]1OC(C)(C)O[C@H]1C1OC(C)(C)OC[C@H]1NC(C)=O. The maximum absolute atomic E-state index is 11.4. The molecule has 6 heteroatoms. The third-order valence-electron chi connectivity index (χ3n) is 3.76. The molecule has 0 aromatic heterocycles. The first-order valence-electron chi connectivity index (χ1n) is 7.58. The molecule has 0 saturated carbocycles. The van der Waals surface area contributed by atoms with Gasteiger partial charge in [0.05, 0.1) is 18.8 Å². The van der Waals surface area contributed by atoms with Gasteiger partial charge in [0.1, 0.15) is 12.2 Å². The second-order valence-corrected chi connectivity index (χ2v) is 6.65. The van der Waals surface area contributed by atoms with Crippen molar-refractivity contribution in [1.29, 1.82) is 0 Å². The third kappa shape index (κ3) is 3.94. The first-order chi connectivity index (χ1) is 9.63. The van der Waals surface area contributed by atoms with Crippen LogP contribution in [0.15, 0.2) is 0 Å². The number of nitrogens with one attached hydrogen (secondary N) is 1. The van der Waals surface area contributed by atoms with Crippen molar-refractivity contribution in [2.45, 2.75) is 83.9 Å². The fraction of sp³-hybridized carbons (Fsp3) is 0.933. The molecular weight excluding hydrogens is 274 g/mol. The molecule has 4 atom stereocenters. The van der Waals surface area contributed by atoms with E-state index in [1.807, 2.05) is 27.7 Å². The lowest BCUT2D eigenvalue weighted by Gasteiger charge is -2.43. The van der Waals surface area contributed by atoms with Gasteiger partial charge in [0, 0.05) is 6.92 Å². The molecule has 1 unspecified atom stereocenters. The molecule has 0 bridgehead atoms. The third-order valence-corrected chi connectivity index (χ3v) is 3.76. The highest BCUT2D eigenvalue weighted by atomic mass is 16.8. The Morgan fingerprint density at radius 2 is 1.71 bits per heavy atom. The van der Waals surface area contributed by atoms with Gasteiger partial charge in [0.2, 0.25) is 5.91 Å². The van der Waals surface area contributed by atoms with Gasteiger partial charge in [-0.1, -0.05) is 6.92 Å². The van der Waals surface area contributed by atoms with Crippen molar-refractivity contribution < 1.29 is 23.7 Å². The Balaban J connectivity index is 2.20. The molecule has 2 aliphatic rings. The zero-order chi connectivity index (χ0) is 15.8. The molecule has 0 radical (unpaired) electrons. The van der Waals surface area contributed by atoms with E-state index in [1.54, 1.807) is 0 Å². The van der Waals surface area contributed by atoms with Gasteiger partial charge >= 0.3 is 0 Å². The highest BCUT2D eigenvalue weighted by Gasteiger charge is 2.50. The average molecular weight is 301 g/mol. The molecule has 0 aliphatic carbocycles. The summed E-state index contributed by atoms with van der Waals surface area (Å²) in [6.07, 6.45) is 0.228. The normalized spacial score (nSPS) is 38.2. The summed E-state index contributed by atoms with van der Waals surface area (Å²) in [6.45, 7) is 11.5. The topological polar surface area (TPSA) is 66.0 Å². The van der Waals surface area contributed by atoms with Crippen LogP contribution >= 0.6 is 0 Å². The van der Waals surface area contributed by atoms with Crippen LogP contribution in [0, 0.1) is 0 Å². The fourth-order valence-corrected chi connectivity index (χ4v) is 2.97. The Morgan fingerprint density at radius 1 is 1.10 bits per heavy atom. The first-order valence-corrected chi connectivity index (χ1v) is 7.58. The van der Waals surface area contributed by atoms with E-state index in [0.29, 0.717) is 6.61 Å². The van der Waals surface area contributed by atoms with E-state index in [1.165, 1.54) is 6.92 Å². The average Bonchev–Trinajstić information content (AvgIpc) is 2.66. The Hall–Kier alpha value is -0.690. The Morgan fingerprint density at radius 3 is 2.29 bits per heavy atom. The summed E-state index contributed by atoms with van der Waals surface area (Å²) in [7, 11) is 0. The lowest BCUT2D eigenvalue weighted by molar-refractivity contribution is -0.301. The van der Waals surface area contributed by atoms with E-state index in [4.69, 9.17) is 18.9 Å². The standard InChI is InChI=1S/C15H27NO5/c1-7-11-13(21-15(5,6)19-11)12-10(16-9(2)17)8-18-14(3,4)20-12/h10-13H,7-8H2,1-6H3,(H,16,17)/t10-,11-,12?,13-/m1/s1. The minimum Gasteiger partial charge on any atom is -0.349 e. The van der Waals surface area contributed by atoms with Crippen LogP contribution in [0.1, 0.15) is 48.0 Å². The number of rotatable bonds is 3. The molecule has 1 amide bonds. The van der Waals surface area contributed by atoms with Gasteiger partial charge < -0.3 is 24.3 Å². The summed E-state index contributed by atoms with van der Waals surface area (Å²) in [5.41, 5.74) is 0. The molecule has 122 valence electrons. The van der Waals surface area contributed by atoms with Gasteiger partial charge in [0.15, 0.2) is 11.6 Å². The summed E-state index contributed by atoms with van der Waals surface area (Å²) in [5.74, 6) is -1.45. The molecule has 2 rings (SSSR count).